The van der Waals surface area contributed by atoms with Crippen molar-refractivity contribution < 1.29 is 4.39 Å². The van der Waals surface area contributed by atoms with Crippen LogP contribution in [-0.2, 0) is 6.54 Å². The fourth-order valence-corrected chi connectivity index (χ4v) is 1.32. The van der Waals surface area contributed by atoms with E-state index in [0.717, 1.165) is 11.8 Å². The van der Waals surface area contributed by atoms with E-state index in [2.05, 4.69) is 20.4 Å². The topological polar surface area (TPSA) is 55.6 Å². The van der Waals surface area contributed by atoms with E-state index in [9.17, 15) is 4.39 Å². The van der Waals surface area contributed by atoms with Crippen molar-refractivity contribution >= 4 is 0 Å². The molecule has 15 heavy (non-hydrogen) atoms. The average molecular weight is 207 g/mol. The largest absolute Gasteiger partial charge is 0.316 e. The summed E-state index contributed by atoms with van der Waals surface area (Å²) >= 11 is 0. The third kappa shape index (κ3) is 1.99. The lowest BCUT2D eigenvalue weighted by atomic mass is 10.2. The maximum absolute atomic E-state index is 13.0. The zero-order valence-corrected chi connectivity index (χ0v) is 8.18. The minimum atomic E-state index is -0.357. The van der Waals surface area contributed by atoms with Gasteiger partial charge in [-0.15, -0.1) is 0 Å². The Bertz CT molecular complexity index is 440. The van der Waals surface area contributed by atoms with Gasteiger partial charge in [-0.3, -0.25) is 0 Å². The molecule has 78 valence electrons. The lowest BCUT2D eigenvalue weighted by Gasteiger charge is -2.07. The molecule has 0 aromatic carbocycles. The standard InChI is InChI=1S/C9H10FN5/c1-11-3-7-2-8(10)4-13-9(7)15-6-12-5-14-15/h2,4-6,11H,3H2,1H3. The first-order valence-electron chi connectivity index (χ1n) is 4.45. The van der Waals surface area contributed by atoms with Crippen molar-refractivity contribution in [3.05, 3.63) is 36.3 Å². The van der Waals surface area contributed by atoms with Crippen LogP contribution in [0.4, 0.5) is 4.39 Å². The van der Waals surface area contributed by atoms with Crippen LogP contribution >= 0.6 is 0 Å². The van der Waals surface area contributed by atoms with Crippen LogP contribution in [0.5, 0.6) is 0 Å². The molecule has 0 amide bonds. The number of nitrogens with zero attached hydrogens (tertiary/aromatic N) is 4. The van der Waals surface area contributed by atoms with Gasteiger partial charge in [0.2, 0.25) is 0 Å². The van der Waals surface area contributed by atoms with E-state index in [1.807, 2.05) is 0 Å². The maximum Gasteiger partial charge on any atom is 0.159 e. The second kappa shape index (κ2) is 4.14. The second-order valence-electron chi connectivity index (χ2n) is 3.01. The summed E-state index contributed by atoms with van der Waals surface area (Å²) in [6, 6.07) is 1.43. The summed E-state index contributed by atoms with van der Waals surface area (Å²) in [5.74, 6) is 0.229. The zero-order chi connectivity index (χ0) is 10.7. The normalized spacial score (nSPS) is 10.5. The number of aromatic nitrogens is 4. The highest BCUT2D eigenvalue weighted by Gasteiger charge is 2.07. The molecule has 2 heterocycles. The summed E-state index contributed by atoms with van der Waals surface area (Å²) in [5, 5.41) is 6.90. The Balaban J connectivity index is 2.46. The fraction of sp³-hybridized carbons (Fsp3) is 0.222. The molecule has 0 unspecified atom stereocenters. The van der Waals surface area contributed by atoms with Gasteiger partial charge in [0.1, 0.15) is 18.5 Å². The molecule has 0 saturated carbocycles. The van der Waals surface area contributed by atoms with Crippen molar-refractivity contribution in [2.45, 2.75) is 6.54 Å². The zero-order valence-electron chi connectivity index (χ0n) is 8.18. The predicted octanol–water partition coefficient (Wildman–Crippen LogP) is 0.521. The van der Waals surface area contributed by atoms with Gasteiger partial charge in [-0.25, -0.2) is 19.0 Å². The molecule has 0 saturated heterocycles. The summed E-state index contributed by atoms with van der Waals surface area (Å²) in [4.78, 5) is 7.80. The first-order chi connectivity index (χ1) is 7.31. The Morgan fingerprint density at radius 1 is 1.53 bits per heavy atom. The van der Waals surface area contributed by atoms with Crippen LogP contribution in [0.15, 0.2) is 24.9 Å². The van der Waals surface area contributed by atoms with E-state index in [0.29, 0.717) is 12.4 Å². The van der Waals surface area contributed by atoms with Gasteiger partial charge in [0.05, 0.1) is 6.20 Å². The van der Waals surface area contributed by atoms with Crippen LogP contribution < -0.4 is 5.32 Å². The molecule has 2 aromatic rings. The summed E-state index contributed by atoms with van der Waals surface area (Å²) < 4.78 is 14.5. The highest BCUT2D eigenvalue weighted by atomic mass is 19.1. The van der Waals surface area contributed by atoms with Gasteiger partial charge in [0, 0.05) is 12.1 Å². The van der Waals surface area contributed by atoms with Crippen molar-refractivity contribution in [3.8, 4) is 5.82 Å². The second-order valence-corrected chi connectivity index (χ2v) is 3.01. The Morgan fingerprint density at radius 2 is 2.40 bits per heavy atom. The van der Waals surface area contributed by atoms with E-state index < -0.39 is 0 Å². The summed E-state index contributed by atoms with van der Waals surface area (Å²) in [6.07, 6.45) is 4.10. The molecule has 0 fully saturated rings. The van der Waals surface area contributed by atoms with Crippen molar-refractivity contribution in [1.29, 1.82) is 0 Å². The monoisotopic (exact) mass is 207 g/mol. The lowest BCUT2D eigenvalue weighted by Crippen LogP contribution is -2.11. The molecular weight excluding hydrogens is 197 g/mol. The van der Waals surface area contributed by atoms with Gasteiger partial charge in [-0.05, 0) is 13.1 Å². The van der Waals surface area contributed by atoms with Crippen LogP contribution in [0.1, 0.15) is 5.56 Å². The van der Waals surface area contributed by atoms with Crippen LogP contribution in [0, 0.1) is 5.82 Å². The molecule has 0 atom stereocenters. The minimum Gasteiger partial charge on any atom is -0.316 e. The van der Waals surface area contributed by atoms with Crippen LogP contribution in [0.3, 0.4) is 0 Å². The maximum atomic E-state index is 13.0. The number of rotatable bonds is 3. The van der Waals surface area contributed by atoms with Gasteiger partial charge in [0.15, 0.2) is 5.82 Å². The average Bonchev–Trinajstić information content (AvgIpc) is 2.71. The van der Waals surface area contributed by atoms with E-state index in [4.69, 9.17) is 0 Å². The van der Waals surface area contributed by atoms with Crippen molar-refractivity contribution in [2.24, 2.45) is 0 Å². The Morgan fingerprint density at radius 3 is 3.07 bits per heavy atom. The van der Waals surface area contributed by atoms with Crippen molar-refractivity contribution in [1.82, 2.24) is 25.1 Å². The van der Waals surface area contributed by atoms with E-state index in [1.54, 1.807) is 7.05 Å². The number of hydrogen-bond donors (Lipinski definition) is 1. The van der Waals surface area contributed by atoms with Gasteiger partial charge >= 0.3 is 0 Å². The van der Waals surface area contributed by atoms with Crippen LogP contribution in [0.25, 0.3) is 5.82 Å². The predicted molar refractivity (Wildman–Crippen MR) is 51.9 cm³/mol. The molecule has 0 aliphatic rings. The highest BCUT2D eigenvalue weighted by molar-refractivity contribution is 5.32. The van der Waals surface area contributed by atoms with E-state index >= 15 is 0 Å². The summed E-state index contributed by atoms with van der Waals surface area (Å²) in [7, 11) is 1.79. The molecule has 6 heteroatoms. The Kier molecular flexibility index (Phi) is 2.68. The van der Waals surface area contributed by atoms with Gasteiger partial charge < -0.3 is 5.32 Å². The molecular formula is C9H10FN5. The number of halogens is 1. The first kappa shape index (κ1) is 9.72. The molecule has 1 N–H and O–H groups in total. The smallest absolute Gasteiger partial charge is 0.159 e. The summed E-state index contributed by atoms with van der Waals surface area (Å²) in [5.41, 5.74) is 0.739. The third-order valence-corrected chi connectivity index (χ3v) is 1.91. The number of pyridine rings is 1. The number of hydrogen-bond acceptors (Lipinski definition) is 4. The van der Waals surface area contributed by atoms with Gasteiger partial charge in [-0.1, -0.05) is 0 Å². The molecule has 0 aliphatic heterocycles. The first-order valence-corrected chi connectivity index (χ1v) is 4.45. The van der Waals surface area contributed by atoms with Crippen molar-refractivity contribution in [3.63, 3.8) is 0 Å². The molecule has 0 aliphatic carbocycles. The number of nitrogens with one attached hydrogen (secondary N) is 1. The molecule has 0 radical (unpaired) electrons. The van der Waals surface area contributed by atoms with Gasteiger partial charge in [0.25, 0.3) is 0 Å². The quantitative estimate of drug-likeness (QED) is 0.797. The third-order valence-electron chi connectivity index (χ3n) is 1.91. The minimum absolute atomic E-state index is 0.357. The van der Waals surface area contributed by atoms with Crippen LogP contribution in [0.2, 0.25) is 0 Å². The molecule has 0 bridgehead atoms. The SMILES string of the molecule is CNCc1cc(F)cnc1-n1cncn1. The van der Waals surface area contributed by atoms with Crippen molar-refractivity contribution in [2.75, 3.05) is 7.05 Å². The highest BCUT2D eigenvalue weighted by Crippen LogP contribution is 2.11. The summed E-state index contributed by atoms with van der Waals surface area (Å²) in [6.45, 7) is 0.528. The molecule has 5 nitrogen and oxygen atoms in total. The molecule has 2 rings (SSSR count). The van der Waals surface area contributed by atoms with E-state index in [1.165, 1.54) is 23.4 Å². The van der Waals surface area contributed by atoms with Gasteiger partial charge in [-0.2, -0.15) is 5.10 Å². The lowest BCUT2D eigenvalue weighted by molar-refractivity contribution is 0.613. The van der Waals surface area contributed by atoms with E-state index in [-0.39, 0.29) is 5.82 Å². The van der Waals surface area contributed by atoms with Crippen LogP contribution in [-0.4, -0.2) is 26.8 Å². The molecule has 2 aromatic heterocycles. The fourth-order valence-electron chi connectivity index (χ4n) is 1.32. The Labute approximate surface area is 86.0 Å². The molecule has 0 spiro atoms. The Hall–Kier alpha value is -1.82.